The summed E-state index contributed by atoms with van der Waals surface area (Å²) < 4.78 is 23.4. The highest BCUT2D eigenvalue weighted by atomic mass is 79.9. The van der Waals surface area contributed by atoms with Gasteiger partial charge in [0.05, 0.1) is 28.6 Å². The van der Waals surface area contributed by atoms with Crippen LogP contribution in [0.2, 0.25) is 0 Å². The molecule has 8 nitrogen and oxygen atoms in total. The zero-order valence-electron chi connectivity index (χ0n) is 19.4. The smallest absolute Gasteiger partial charge is 0.355 e. The predicted octanol–water partition coefficient (Wildman–Crippen LogP) is 4.90. The van der Waals surface area contributed by atoms with Gasteiger partial charge in [0, 0.05) is 10.6 Å². The number of hydrogen-bond acceptors (Lipinski definition) is 9. The number of carbonyl (C=O) groups excluding carboxylic acids is 2. The van der Waals surface area contributed by atoms with Gasteiger partial charge in [0.2, 0.25) is 0 Å². The first-order valence-electron chi connectivity index (χ1n) is 10.8. The number of allylic oxidation sites excluding steroid dienone is 2. The number of carbonyl (C=O) groups is 2. The second-order valence-corrected chi connectivity index (χ2v) is 9.79. The van der Waals surface area contributed by atoms with Crippen LogP contribution in [0.4, 0.5) is 0 Å². The summed E-state index contributed by atoms with van der Waals surface area (Å²) in [6, 6.07) is 3.46. The molecule has 1 aromatic carbocycles. The maximum absolute atomic E-state index is 13.6. The number of esters is 2. The largest absolute Gasteiger partial charge is 0.462 e. The van der Waals surface area contributed by atoms with Gasteiger partial charge in [-0.2, -0.15) is 0 Å². The fourth-order valence-corrected chi connectivity index (χ4v) is 5.47. The van der Waals surface area contributed by atoms with E-state index in [-0.39, 0.29) is 35.5 Å². The minimum absolute atomic E-state index is 0.00739. The Morgan fingerprint density at radius 1 is 1.12 bits per heavy atom. The molecule has 10 heteroatoms. The third-order valence-electron chi connectivity index (χ3n) is 5.72. The van der Waals surface area contributed by atoms with E-state index in [4.69, 9.17) is 18.6 Å². The third kappa shape index (κ3) is 3.97. The highest BCUT2D eigenvalue weighted by Crippen LogP contribution is 2.49. The van der Waals surface area contributed by atoms with E-state index in [0.29, 0.717) is 15.4 Å². The van der Waals surface area contributed by atoms with Crippen LogP contribution in [0.25, 0.3) is 11.0 Å². The summed E-state index contributed by atoms with van der Waals surface area (Å²) >= 11 is 4.85. The Labute approximate surface area is 209 Å². The van der Waals surface area contributed by atoms with Crippen LogP contribution in [0, 0.1) is 6.92 Å². The Morgan fingerprint density at radius 3 is 2.47 bits per heavy atom. The molecule has 2 atom stereocenters. The molecule has 3 heterocycles. The molecule has 2 unspecified atom stereocenters. The van der Waals surface area contributed by atoms with E-state index in [1.165, 1.54) is 18.0 Å². The first-order valence-corrected chi connectivity index (χ1v) is 12.5. The van der Waals surface area contributed by atoms with Crippen LogP contribution in [0.3, 0.4) is 0 Å². The molecule has 2 aromatic rings. The number of ether oxygens (including phenoxy) is 3. The molecule has 180 valence electrons. The van der Waals surface area contributed by atoms with Crippen molar-refractivity contribution in [2.45, 2.75) is 46.3 Å². The number of thioether (sulfide) groups is 1. The minimum Gasteiger partial charge on any atom is -0.462 e. The van der Waals surface area contributed by atoms with Gasteiger partial charge in [0.25, 0.3) is 0 Å². The molecule has 0 saturated heterocycles. The lowest BCUT2D eigenvalue weighted by atomic mass is 9.97. The molecule has 0 radical (unpaired) electrons. The second kappa shape index (κ2) is 9.59. The summed E-state index contributed by atoms with van der Waals surface area (Å²) in [5, 5.41) is 0.325. The standard InChI is InChI=1S/C24H24BrNO7S/c1-6-30-22(28)16-18(23(29)31-7-2)26-12(4)13(5)34-24(26)33-20(16)15-10-32-21-14(19(15)27)9-8-11(3)17(21)25/h8-10,20,24H,6-7H2,1-5H3. The van der Waals surface area contributed by atoms with Crippen LogP contribution in [0.1, 0.15) is 44.9 Å². The Kier molecular flexibility index (Phi) is 6.93. The van der Waals surface area contributed by atoms with Gasteiger partial charge in [0.15, 0.2) is 16.6 Å². The van der Waals surface area contributed by atoms with Gasteiger partial charge < -0.3 is 23.5 Å². The average Bonchev–Trinajstić information content (AvgIpc) is 3.09. The molecule has 0 aliphatic carbocycles. The fourth-order valence-electron chi connectivity index (χ4n) is 3.93. The molecule has 2 aliphatic heterocycles. The number of fused-ring (bicyclic) bond motifs is 2. The fraction of sp³-hybridized carbons (Fsp3) is 0.375. The molecule has 0 bridgehead atoms. The molecular weight excluding hydrogens is 526 g/mol. The van der Waals surface area contributed by atoms with Gasteiger partial charge in [-0.05, 0) is 62.2 Å². The van der Waals surface area contributed by atoms with Gasteiger partial charge >= 0.3 is 11.9 Å². The van der Waals surface area contributed by atoms with Crippen molar-refractivity contribution in [2.75, 3.05) is 13.2 Å². The third-order valence-corrected chi connectivity index (χ3v) is 7.88. The molecule has 0 spiro atoms. The average molecular weight is 550 g/mol. The summed E-state index contributed by atoms with van der Waals surface area (Å²) in [7, 11) is 0. The lowest BCUT2D eigenvalue weighted by Crippen LogP contribution is -2.43. The topological polar surface area (TPSA) is 95.3 Å². The van der Waals surface area contributed by atoms with E-state index < -0.39 is 23.6 Å². The SMILES string of the molecule is CCOC(=O)C1=C(C(=O)OCC)N2C(C)=C(C)SC2OC1c1coc2c(Br)c(C)ccc2c1=O. The summed E-state index contributed by atoms with van der Waals surface area (Å²) in [4.78, 5) is 42.4. The monoisotopic (exact) mass is 549 g/mol. The molecule has 4 rings (SSSR count). The normalized spacial score (nSPS) is 20.1. The molecule has 34 heavy (non-hydrogen) atoms. The Balaban J connectivity index is 1.98. The second-order valence-electron chi connectivity index (χ2n) is 7.75. The van der Waals surface area contributed by atoms with Crippen molar-refractivity contribution < 1.29 is 28.2 Å². The van der Waals surface area contributed by atoms with E-state index in [1.807, 2.05) is 20.8 Å². The van der Waals surface area contributed by atoms with Crippen LogP contribution in [-0.2, 0) is 23.8 Å². The lowest BCUT2D eigenvalue weighted by Gasteiger charge is -2.38. The first kappa shape index (κ1) is 24.6. The molecule has 0 N–H and O–H groups in total. The maximum atomic E-state index is 13.6. The summed E-state index contributed by atoms with van der Waals surface area (Å²) in [5.41, 5.74) is 1.03. The van der Waals surface area contributed by atoms with Crippen LogP contribution in [0.5, 0.6) is 0 Å². The van der Waals surface area contributed by atoms with Crippen molar-refractivity contribution in [2.24, 2.45) is 0 Å². The Hall–Kier alpha value is -2.56. The van der Waals surface area contributed by atoms with Crippen LogP contribution < -0.4 is 5.43 Å². The molecule has 1 aromatic heterocycles. The van der Waals surface area contributed by atoms with Crippen molar-refractivity contribution in [1.82, 2.24) is 4.90 Å². The van der Waals surface area contributed by atoms with E-state index in [9.17, 15) is 14.4 Å². The highest BCUT2D eigenvalue weighted by molar-refractivity contribution is 9.10. The number of benzene rings is 1. The number of rotatable bonds is 5. The van der Waals surface area contributed by atoms with E-state index in [0.717, 1.165) is 16.2 Å². The molecule has 2 aliphatic rings. The maximum Gasteiger partial charge on any atom is 0.355 e. The minimum atomic E-state index is -1.19. The van der Waals surface area contributed by atoms with E-state index in [2.05, 4.69) is 15.9 Å². The first-order chi connectivity index (χ1) is 16.2. The molecule has 0 amide bonds. The quantitative estimate of drug-likeness (QED) is 0.482. The predicted molar refractivity (Wildman–Crippen MR) is 131 cm³/mol. The van der Waals surface area contributed by atoms with Gasteiger partial charge in [0.1, 0.15) is 23.6 Å². The van der Waals surface area contributed by atoms with Crippen LogP contribution in [0.15, 0.2) is 54.0 Å². The summed E-state index contributed by atoms with van der Waals surface area (Å²) in [5.74, 6) is -1.46. The highest BCUT2D eigenvalue weighted by Gasteiger charge is 2.48. The number of halogens is 1. The molecule has 0 fully saturated rings. The van der Waals surface area contributed by atoms with Crippen molar-refractivity contribution in [1.29, 1.82) is 0 Å². The van der Waals surface area contributed by atoms with Crippen molar-refractivity contribution >= 4 is 50.6 Å². The van der Waals surface area contributed by atoms with Gasteiger partial charge in [-0.25, -0.2) is 9.59 Å². The molecule has 0 saturated carbocycles. The Bertz CT molecular complexity index is 1310. The molecular formula is C24H24BrNO7S. The van der Waals surface area contributed by atoms with Gasteiger partial charge in [-0.15, -0.1) is 0 Å². The van der Waals surface area contributed by atoms with Gasteiger partial charge in [-0.1, -0.05) is 17.8 Å². The van der Waals surface area contributed by atoms with Crippen molar-refractivity contribution in [3.63, 3.8) is 0 Å². The van der Waals surface area contributed by atoms with Crippen molar-refractivity contribution in [3.8, 4) is 0 Å². The summed E-state index contributed by atoms with van der Waals surface area (Å²) in [6.45, 7) is 9.15. The van der Waals surface area contributed by atoms with Crippen molar-refractivity contribution in [3.05, 3.63) is 66.1 Å². The van der Waals surface area contributed by atoms with E-state index in [1.54, 1.807) is 30.9 Å². The number of aryl methyl sites for hydroxylation is 1. The Morgan fingerprint density at radius 2 is 1.79 bits per heavy atom. The van der Waals surface area contributed by atoms with E-state index >= 15 is 0 Å². The zero-order valence-corrected chi connectivity index (χ0v) is 21.8. The van der Waals surface area contributed by atoms with Crippen LogP contribution >= 0.6 is 27.7 Å². The number of nitrogens with zero attached hydrogens (tertiary/aromatic N) is 1. The van der Waals surface area contributed by atoms with Gasteiger partial charge in [-0.3, -0.25) is 4.79 Å². The van der Waals surface area contributed by atoms with Crippen LogP contribution in [-0.4, -0.2) is 35.6 Å². The lowest BCUT2D eigenvalue weighted by molar-refractivity contribution is -0.149. The zero-order chi connectivity index (χ0) is 24.7. The number of hydrogen-bond donors (Lipinski definition) is 0. The summed E-state index contributed by atoms with van der Waals surface area (Å²) in [6.07, 6.45) is 0.0934.